The van der Waals surface area contributed by atoms with Crippen molar-refractivity contribution in [1.29, 1.82) is 0 Å². The van der Waals surface area contributed by atoms with E-state index in [4.69, 9.17) is 5.73 Å². The minimum absolute atomic E-state index is 0.0180. The number of rotatable bonds is 1. The predicted molar refractivity (Wildman–Crippen MR) is 73.2 cm³/mol. The maximum Gasteiger partial charge on any atom is 0.264 e. The largest absolute Gasteiger partial charge is 0.398 e. The highest BCUT2D eigenvalue weighted by Crippen LogP contribution is 2.31. The van der Waals surface area contributed by atoms with E-state index in [9.17, 15) is 14.4 Å². The standard InChI is InChI=1S/C15H16N2O3/c16-10-6-4-5-9-13(10)15(20)17(14(9)19)11-7-2-1-3-8-12(11)18/h4-6,11H,1-3,7-8,16H2/t11-/m1/s1. The lowest BCUT2D eigenvalue weighted by atomic mass is 10.1. The van der Waals surface area contributed by atoms with E-state index in [1.54, 1.807) is 18.2 Å². The highest BCUT2D eigenvalue weighted by Gasteiger charge is 2.43. The van der Waals surface area contributed by atoms with Crippen LogP contribution in [0.1, 0.15) is 52.8 Å². The molecule has 1 aromatic carbocycles. The second-order valence-electron chi connectivity index (χ2n) is 5.33. The van der Waals surface area contributed by atoms with E-state index in [1.165, 1.54) is 0 Å². The predicted octanol–water partition coefficient (Wildman–Crippen LogP) is 1.77. The first-order valence-electron chi connectivity index (χ1n) is 6.90. The molecule has 0 radical (unpaired) electrons. The molecule has 3 rings (SSSR count). The van der Waals surface area contributed by atoms with Gasteiger partial charge in [0.25, 0.3) is 11.8 Å². The fraction of sp³-hybridized carbons (Fsp3) is 0.400. The van der Waals surface area contributed by atoms with Gasteiger partial charge in [-0.1, -0.05) is 18.9 Å². The molecule has 1 atom stereocenters. The van der Waals surface area contributed by atoms with E-state index in [-0.39, 0.29) is 11.3 Å². The van der Waals surface area contributed by atoms with Crippen LogP contribution in [0.3, 0.4) is 0 Å². The number of amides is 2. The maximum absolute atomic E-state index is 12.5. The molecule has 1 saturated carbocycles. The van der Waals surface area contributed by atoms with Gasteiger partial charge in [0.2, 0.25) is 0 Å². The van der Waals surface area contributed by atoms with Crippen LogP contribution in [-0.4, -0.2) is 28.5 Å². The van der Waals surface area contributed by atoms with Crippen molar-refractivity contribution in [1.82, 2.24) is 4.90 Å². The summed E-state index contributed by atoms with van der Waals surface area (Å²) in [5, 5.41) is 0. The van der Waals surface area contributed by atoms with Gasteiger partial charge in [-0.2, -0.15) is 0 Å². The van der Waals surface area contributed by atoms with Crippen molar-refractivity contribution in [2.45, 2.75) is 38.1 Å². The Labute approximate surface area is 116 Å². The topological polar surface area (TPSA) is 80.5 Å². The number of nitrogen functional groups attached to an aromatic ring is 1. The van der Waals surface area contributed by atoms with E-state index in [0.717, 1.165) is 24.2 Å². The summed E-state index contributed by atoms with van der Waals surface area (Å²) < 4.78 is 0. The summed E-state index contributed by atoms with van der Waals surface area (Å²) in [6.07, 6.45) is 3.66. The average Bonchev–Trinajstić information content (AvgIpc) is 2.57. The monoisotopic (exact) mass is 272 g/mol. The molecule has 20 heavy (non-hydrogen) atoms. The molecule has 1 aliphatic heterocycles. The molecule has 2 aliphatic rings. The van der Waals surface area contributed by atoms with Crippen molar-refractivity contribution in [3.05, 3.63) is 29.3 Å². The zero-order chi connectivity index (χ0) is 14.3. The van der Waals surface area contributed by atoms with E-state index in [0.29, 0.717) is 24.1 Å². The molecule has 2 N–H and O–H groups in total. The number of nitrogens with zero attached hydrogens (tertiary/aromatic N) is 1. The summed E-state index contributed by atoms with van der Waals surface area (Å²) in [5.74, 6) is -0.837. The summed E-state index contributed by atoms with van der Waals surface area (Å²) in [4.78, 5) is 38.1. The quantitative estimate of drug-likeness (QED) is 0.480. The molecular weight excluding hydrogens is 256 g/mol. The van der Waals surface area contributed by atoms with Gasteiger partial charge in [0.15, 0.2) is 5.78 Å². The van der Waals surface area contributed by atoms with Crippen LogP contribution >= 0.6 is 0 Å². The van der Waals surface area contributed by atoms with Crippen LogP contribution in [0.5, 0.6) is 0 Å². The number of nitrogens with two attached hydrogens (primary N) is 1. The number of hydrogen-bond acceptors (Lipinski definition) is 4. The van der Waals surface area contributed by atoms with E-state index in [1.807, 2.05) is 0 Å². The van der Waals surface area contributed by atoms with Crippen LogP contribution in [-0.2, 0) is 4.79 Å². The molecule has 0 unspecified atom stereocenters. The number of carbonyl (C=O) groups excluding carboxylic acids is 3. The molecule has 5 heteroatoms. The molecule has 0 bridgehead atoms. The fourth-order valence-electron chi connectivity index (χ4n) is 3.03. The van der Waals surface area contributed by atoms with Gasteiger partial charge in [-0.05, 0) is 25.0 Å². The third-order valence-electron chi connectivity index (χ3n) is 4.06. The molecule has 1 aliphatic carbocycles. The third kappa shape index (κ3) is 1.81. The molecule has 0 spiro atoms. The van der Waals surface area contributed by atoms with Crippen molar-refractivity contribution < 1.29 is 14.4 Å². The minimum Gasteiger partial charge on any atom is -0.398 e. The highest BCUT2D eigenvalue weighted by atomic mass is 16.2. The Hall–Kier alpha value is -2.17. The Morgan fingerprint density at radius 2 is 1.85 bits per heavy atom. The summed E-state index contributed by atoms with van der Waals surface area (Å²) in [7, 11) is 0. The van der Waals surface area contributed by atoms with Crippen LogP contribution < -0.4 is 5.73 Å². The number of Topliss-reactive ketones (excluding diaryl/α,β-unsaturated/α-hetero) is 1. The highest BCUT2D eigenvalue weighted by molar-refractivity contribution is 6.25. The second kappa shape index (κ2) is 4.74. The van der Waals surface area contributed by atoms with E-state index >= 15 is 0 Å². The Bertz CT molecular complexity index is 609. The first kappa shape index (κ1) is 12.8. The van der Waals surface area contributed by atoms with Gasteiger partial charge in [0, 0.05) is 12.1 Å². The normalized spacial score (nSPS) is 22.9. The van der Waals surface area contributed by atoms with E-state index in [2.05, 4.69) is 0 Å². The van der Waals surface area contributed by atoms with E-state index < -0.39 is 17.9 Å². The maximum atomic E-state index is 12.5. The summed E-state index contributed by atoms with van der Waals surface area (Å²) in [5.41, 5.74) is 6.65. The summed E-state index contributed by atoms with van der Waals surface area (Å²) in [6.45, 7) is 0. The zero-order valence-corrected chi connectivity index (χ0v) is 11.1. The Morgan fingerprint density at radius 3 is 2.60 bits per heavy atom. The Kier molecular flexibility index (Phi) is 3.04. The molecule has 104 valence electrons. The van der Waals surface area contributed by atoms with Crippen LogP contribution in [0.25, 0.3) is 0 Å². The van der Waals surface area contributed by atoms with Gasteiger partial charge >= 0.3 is 0 Å². The molecular formula is C15H16N2O3. The number of carbonyl (C=O) groups is 3. The molecule has 1 heterocycles. The number of imide groups is 1. The molecule has 1 aromatic rings. The average molecular weight is 272 g/mol. The minimum atomic E-state index is -0.621. The first-order chi connectivity index (χ1) is 9.61. The Balaban J connectivity index is 2.01. The summed E-state index contributed by atoms with van der Waals surface area (Å²) >= 11 is 0. The molecule has 1 fully saturated rings. The lowest BCUT2D eigenvalue weighted by molar-refractivity contribution is -0.122. The van der Waals surface area contributed by atoms with Crippen molar-refractivity contribution in [2.75, 3.05) is 5.73 Å². The van der Waals surface area contributed by atoms with Gasteiger partial charge in [-0.3, -0.25) is 19.3 Å². The van der Waals surface area contributed by atoms with Gasteiger partial charge in [-0.15, -0.1) is 0 Å². The summed E-state index contributed by atoms with van der Waals surface area (Å²) in [6, 6.07) is 4.22. The Morgan fingerprint density at radius 1 is 1.05 bits per heavy atom. The van der Waals surface area contributed by atoms with Crippen LogP contribution in [0.15, 0.2) is 18.2 Å². The van der Waals surface area contributed by atoms with Gasteiger partial charge in [-0.25, -0.2) is 0 Å². The van der Waals surface area contributed by atoms with Crippen molar-refractivity contribution in [2.24, 2.45) is 0 Å². The second-order valence-corrected chi connectivity index (χ2v) is 5.33. The first-order valence-corrected chi connectivity index (χ1v) is 6.90. The number of hydrogen-bond donors (Lipinski definition) is 1. The smallest absolute Gasteiger partial charge is 0.264 e. The fourth-order valence-corrected chi connectivity index (χ4v) is 3.03. The van der Waals surface area contributed by atoms with Crippen molar-refractivity contribution in [3.63, 3.8) is 0 Å². The number of ketones is 1. The zero-order valence-electron chi connectivity index (χ0n) is 11.1. The number of anilines is 1. The molecule has 5 nitrogen and oxygen atoms in total. The lowest BCUT2D eigenvalue weighted by Gasteiger charge is -2.23. The van der Waals surface area contributed by atoms with Gasteiger partial charge in [0.1, 0.15) is 0 Å². The third-order valence-corrected chi connectivity index (χ3v) is 4.06. The van der Waals surface area contributed by atoms with Crippen LogP contribution in [0.4, 0.5) is 5.69 Å². The lowest BCUT2D eigenvalue weighted by Crippen LogP contribution is -2.44. The molecule has 0 saturated heterocycles. The SMILES string of the molecule is Nc1cccc2c1C(=O)N([C@@H]1CCCCCC1=O)C2=O. The van der Waals surface area contributed by atoms with Gasteiger partial charge in [0.05, 0.1) is 17.2 Å². The van der Waals surface area contributed by atoms with Crippen molar-refractivity contribution >= 4 is 23.3 Å². The van der Waals surface area contributed by atoms with Gasteiger partial charge < -0.3 is 5.73 Å². The van der Waals surface area contributed by atoms with Crippen LogP contribution in [0.2, 0.25) is 0 Å². The van der Waals surface area contributed by atoms with Crippen molar-refractivity contribution in [3.8, 4) is 0 Å². The van der Waals surface area contributed by atoms with Crippen LogP contribution in [0, 0.1) is 0 Å². The number of fused-ring (bicyclic) bond motifs is 1. The molecule has 0 aromatic heterocycles. The molecule has 2 amide bonds. The number of benzene rings is 1.